The van der Waals surface area contributed by atoms with E-state index < -0.39 is 70.2 Å². The van der Waals surface area contributed by atoms with Crippen molar-refractivity contribution >= 4 is 45.2 Å². The first-order chi connectivity index (χ1) is 24.0. The average Bonchev–Trinajstić information content (AvgIpc) is 3.53. The smallest absolute Gasteiger partial charge is 0.444 e. The maximum Gasteiger partial charge on any atom is 0.471 e. The van der Waals surface area contributed by atoms with Crippen molar-refractivity contribution in [3.63, 3.8) is 0 Å². The average molecular weight is 776 g/mol. The molecule has 2 rings (SSSR count). The fraction of sp³-hybridized carbons (Fsp3) is 0.559. The first-order valence-corrected chi connectivity index (χ1v) is 19.0. The van der Waals surface area contributed by atoms with E-state index in [9.17, 15) is 40.8 Å². The zero-order chi connectivity index (χ0) is 39.6. The summed E-state index contributed by atoms with van der Waals surface area (Å²) in [6.07, 6.45) is -5.68. The van der Waals surface area contributed by atoms with Crippen molar-refractivity contribution in [2.75, 3.05) is 13.7 Å². The second kappa shape index (κ2) is 18.6. The van der Waals surface area contributed by atoms with Crippen LogP contribution in [0.1, 0.15) is 94.0 Å². The van der Waals surface area contributed by atoms with Gasteiger partial charge in [-0.25, -0.2) is 22.9 Å². The Hall–Kier alpha value is -4.03. The van der Waals surface area contributed by atoms with Crippen LogP contribution in [-0.2, 0) is 41.4 Å². The van der Waals surface area contributed by atoms with E-state index in [4.69, 9.17) is 9.47 Å². The van der Waals surface area contributed by atoms with Crippen LogP contribution < -0.4 is 15.4 Å². The van der Waals surface area contributed by atoms with E-state index in [1.807, 2.05) is 18.6 Å². The SMILES string of the molecule is C=C(C)[C@@H](C[C@@H](OCC)c1nc(C(=O)NS(=O)(=O)Cc2ccc(CNC(=O)C(F)(F)F)cc2)cs1)N(C)C(=O)[C@@H](NC(=O)OC(C)(C)C)[C@@H](C)CC. The topological polar surface area (TPSA) is 173 Å². The number of hydrogen-bond donors (Lipinski definition) is 3. The number of halogens is 3. The number of carbonyl (C=O) groups is 4. The summed E-state index contributed by atoms with van der Waals surface area (Å²) in [5, 5.41) is 6.17. The van der Waals surface area contributed by atoms with E-state index in [1.54, 1.807) is 47.0 Å². The van der Waals surface area contributed by atoms with Gasteiger partial charge in [0, 0.05) is 32.0 Å². The molecule has 1 heterocycles. The molecule has 290 valence electrons. The summed E-state index contributed by atoms with van der Waals surface area (Å²) in [5.74, 6) is -4.30. The molecule has 0 saturated heterocycles. The quantitative estimate of drug-likeness (QED) is 0.178. The highest BCUT2D eigenvalue weighted by Crippen LogP contribution is 2.30. The number of nitrogens with zero attached hydrogens (tertiary/aromatic N) is 2. The number of nitrogens with one attached hydrogen (secondary N) is 3. The van der Waals surface area contributed by atoms with Crippen LogP contribution >= 0.6 is 11.3 Å². The van der Waals surface area contributed by atoms with Crippen molar-refractivity contribution in [3.8, 4) is 0 Å². The third-order valence-corrected chi connectivity index (χ3v) is 9.86. The molecule has 0 fully saturated rings. The Morgan fingerprint density at radius 1 is 1.06 bits per heavy atom. The first kappa shape index (κ1) is 44.1. The minimum absolute atomic E-state index is 0.182. The zero-order valence-electron chi connectivity index (χ0n) is 30.5. The van der Waals surface area contributed by atoms with Gasteiger partial charge in [-0.1, -0.05) is 56.7 Å². The molecule has 4 atom stereocenters. The molecule has 0 aliphatic carbocycles. The van der Waals surface area contributed by atoms with E-state index in [0.29, 0.717) is 22.6 Å². The van der Waals surface area contributed by atoms with Crippen LogP contribution in [0.4, 0.5) is 18.0 Å². The number of likely N-dealkylation sites (N-methyl/N-ethyl adjacent to an activating group) is 1. The molecule has 2 aromatic rings. The van der Waals surface area contributed by atoms with Crippen LogP contribution in [-0.4, -0.2) is 79.6 Å². The second-order valence-corrected chi connectivity index (χ2v) is 15.9. The van der Waals surface area contributed by atoms with E-state index in [2.05, 4.69) is 16.9 Å². The third kappa shape index (κ3) is 13.8. The number of benzene rings is 1. The van der Waals surface area contributed by atoms with Gasteiger partial charge in [-0.2, -0.15) is 13.2 Å². The number of alkyl carbamates (subject to hydrolysis) is 1. The summed E-state index contributed by atoms with van der Waals surface area (Å²) in [7, 11) is -2.63. The molecule has 1 aromatic heterocycles. The number of aromatic nitrogens is 1. The summed E-state index contributed by atoms with van der Waals surface area (Å²) in [5.41, 5.74) is 0.222. The third-order valence-electron chi connectivity index (χ3n) is 7.71. The van der Waals surface area contributed by atoms with E-state index in [0.717, 1.165) is 11.3 Å². The van der Waals surface area contributed by atoms with Crippen molar-refractivity contribution in [2.24, 2.45) is 5.92 Å². The van der Waals surface area contributed by atoms with Gasteiger partial charge in [-0.05, 0) is 51.7 Å². The van der Waals surface area contributed by atoms with Crippen LogP contribution in [0.5, 0.6) is 0 Å². The summed E-state index contributed by atoms with van der Waals surface area (Å²) in [6, 6.07) is 3.95. The van der Waals surface area contributed by atoms with Crippen LogP contribution in [0.3, 0.4) is 0 Å². The molecule has 3 N–H and O–H groups in total. The lowest BCUT2D eigenvalue weighted by Crippen LogP contribution is -2.54. The molecule has 0 bridgehead atoms. The van der Waals surface area contributed by atoms with Gasteiger partial charge in [0.05, 0.1) is 11.8 Å². The molecule has 4 amide bonds. The van der Waals surface area contributed by atoms with Crippen molar-refractivity contribution in [1.82, 2.24) is 25.2 Å². The molecule has 0 spiro atoms. The van der Waals surface area contributed by atoms with E-state index >= 15 is 0 Å². The highest BCUT2D eigenvalue weighted by Gasteiger charge is 2.38. The van der Waals surface area contributed by atoms with Crippen molar-refractivity contribution in [1.29, 1.82) is 0 Å². The number of amides is 4. The maximum absolute atomic E-state index is 13.8. The minimum Gasteiger partial charge on any atom is -0.444 e. The van der Waals surface area contributed by atoms with Crippen molar-refractivity contribution in [2.45, 2.75) is 104 Å². The monoisotopic (exact) mass is 775 g/mol. The molecular formula is C34H48F3N5O8S2. The van der Waals surface area contributed by atoms with Crippen LogP contribution in [0.15, 0.2) is 41.8 Å². The van der Waals surface area contributed by atoms with Gasteiger partial charge in [0.2, 0.25) is 15.9 Å². The van der Waals surface area contributed by atoms with E-state index in [-0.39, 0.29) is 36.1 Å². The molecular weight excluding hydrogens is 728 g/mol. The summed E-state index contributed by atoms with van der Waals surface area (Å²) >= 11 is 1.07. The lowest BCUT2D eigenvalue weighted by Gasteiger charge is -2.35. The number of thiazole rings is 1. The molecule has 18 heteroatoms. The van der Waals surface area contributed by atoms with Crippen molar-refractivity contribution in [3.05, 3.63) is 63.6 Å². The fourth-order valence-electron chi connectivity index (χ4n) is 4.85. The molecule has 0 saturated carbocycles. The van der Waals surface area contributed by atoms with Crippen LogP contribution in [0, 0.1) is 5.92 Å². The van der Waals surface area contributed by atoms with Gasteiger partial charge in [0.15, 0.2) is 0 Å². The Labute approximate surface area is 306 Å². The van der Waals surface area contributed by atoms with Crippen LogP contribution in [0.2, 0.25) is 0 Å². The Bertz CT molecular complexity index is 1670. The lowest BCUT2D eigenvalue weighted by molar-refractivity contribution is -0.173. The highest BCUT2D eigenvalue weighted by molar-refractivity contribution is 7.89. The first-order valence-electron chi connectivity index (χ1n) is 16.4. The van der Waals surface area contributed by atoms with Crippen LogP contribution in [0.25, 0.3) is 0 Å². The highest BCUT2D eigenvalue weighted by atomic mass is 32.2. The van der Waals surface area contributed by atoms with Crippen molar-refractivity contribution < 1.29 is 50.2 Å². The summed E-state index contributed by atoms with van der Waals surface area (Å²) in [4.78, 5) is 56.3. The zero-order valence-corrected chi connectivity index (χ0v) is 32.2. The number of hydrogen-bond acceptors (Lipinski definition) is 10. The fourth-order valence-corrected chi connectivity index (χ4v) is 6.80. The number of sulfonamides is 1. The standard InChI is InChI=1S/C34H48F3N5O8S2/c1-10-21(5)27(40-32(46)50-33(6,7)8)30(44)42(9)25(20(3)4)16-26(49-11-2)29-39-24(18-51-29)28(43)41-52(47,48)19-23-14-12-22(13-15-23)17-38-31(45)34(35,36)37/h12-15,18,21,25-27H,3,10-11,16-17,19H2,1-2,4-9H3,(H,38,45)(H,40,46)(H,41,43)/t21-,25+,26+,27-/m0/s1. The summed E-state index contributed by atoms with van der Waals surface area (Å²) < 4.78 is 76.2. The molecule has 52 heavy (non-hydrogen) atoms. The molecule has 13 nitrogen and oxygen atoms in total. The summed E-state index contributed by atoms with van der Waals surface area (Å²) in [6.45, 7) is 16.3. The minimum atomic E-state index is -5.03. The lowest BCUT2D eigenvalue weighted by atomic mass is 9.95. The predicted octanol–water partition coefficient (Wildman–Crippen LogP) is 5.39. The molecule has 0 radical (unpaired) electrons. The van der Waals surface area contributed by atoms with Gasteiger partial charge in [-0.15, -0.1) is 11.3 Å². The largest absolute Gasteiger partial charge is 0.471 e. The predicted molar refractivity (Wildman–Crippen MR) is 190 cm³/mol. The molecule has 0 unspecified atom stereocenters. The maximum atomic E-state index is 13.8. The molecule has 0 aliphatic rings. The number of carbonyl (C=O) groups excluding carboxylic acids is 4. The van der Waals surface area contributed by atoms with Gasteiger partial charge in [-0.3, -0.25) is 14.4 Å². The Balaban J connectivity index is 2.17. The van der Waals surface area contributed by atoms with Gasteiger partial charge < -0.3 is 25.0 Å². The number of ether oxygens (including phenoxy) is 2. The normalized spacial score (nSPS) is 14.4. The Morgan fingerprint density at radius 3 is 2.17 bits per heavy atom. The molecule has 1 aromatic carbocycles. The molecule has 0 aliphatic heterocycles. The van der Waals surface area contributed by atoms with Gasteiger partial charge in [0.1, 0.15) is 28.4 Å². The second-order valence-electron chi connectivity index (χ2n) is 13.3. The Morgan fingerprint density at radius 2 is 1.65 bits per heavy atom. The van der Waals surface area contributed by atoms with E-state index in [1.165, 1.54) is 34.5 Å². The number of rotatable bonds is 17. The Kier molecular flexibility index (Phi) is 15.8. The number of alkyl halides is 3. The van der Waals surface area contributed by atoms with Gasteiger partial charge >= 0.3 is 18.2 Å². The van der Waals surface area contributed by atoms with Gasteiger partial charge in [0.25, 0.3) is 5.91 Å².